The maximum absolute atomic E-state index is 12.5. The van der Waals surface area contributed by atoms with Crippen LogP contribution in [0.2, 0.25) is 0 Å². The molecule has 15 heteroatoms. The van der Waals surface area contributed by atoms with Gasteiger partial charge in [0.25, 0.3) is 0 Å². The van der Waals surface area contributed by atoms with Gasteiger partial charge in [0.15, 0.2) is 18.3 Å². The second-order valence-electron chi connectivity index (χ2n) is 7.97. The topological polar surface area (TPSA) is 183 Å². The number of amides is 1. The predicted octanol–water partition coefficient (Wildman–Crippen LogP) is -0.647. The van der Waals surface area contributed by atoms with E-state index in [-0.39, 0.29) is 12.4 Å². The third-order valence-corrected chi connectivity index (χ3v) is 4.98. The first kappa shape index (κ1) is 29.2. The average molecular weight is 526 g/mol. The van der Waals surface area contributed by atoms with Crippen LogP contribution >= 0.6 is 0 Å². The first-order chi connectivity index (χ1) is 17.5. The largest absolute Gasteiger partial charge is 0.477 e. The Hall–Kier alpha value is -4.01. The van der Waals surface area contributed by atoms with E-state index < -0.39 is 66.8 Å². The highest BCUT2D eigenvalue weighted by atomic mass is 16.6. The van der Waals surface area contributed by atoms with Crippen molar-refractivity contribution in [3.63, 3.8) is 0 Å². The Bertz CT molecular complexity index is 1040. The molecule has 0 fully saturated rings. The molecule has 1 aromatic heterocycles. The van der Waals surface area contributed by atoms with Gasteiger partial charge in [-0.2, -0.15) is 0 Å². The van der Waals surface area contributed by atoms with Crippen LogP contribution in [0.3, 0.4) is 0 Å². The minimum atomic E-state index is -1.46. The molecular formula is C22H30N4O11. The Balaban J connectivity index is 2.66. The van der Waals surface area contributed by atoms with Gasteiger partial charge < -0.3 is 33.7 Å². The summed E-state index contributed by atoms with van der Waals surface area (Å²) in [5.74, 6) is -3.94. The standard InChI is InChI=1S/C22H30N4O11/c1-11(27)23-19-16(26-8-15(9-32-5)24-25-26)7-17(22(31)33-6)37-21(19)20(36-14(4)30)18(35-13(3)29)10-34-12(2)28/h7-8,16,18-21H,9-10H2,1-6H3,(H,23,27)/t16-,18?,19?,20+,21+/m0/s1. The summed E-state index contributed by atoms with van der Waals surface area (Å²) in [5, 5.41) is 10.8. The molecular weight excluding hydrogens is 496 g/mol. The summed E-state index contributed by atoms with van der Waals surface area (Å²) in [6, 6.07) is -1.97. The lowest BCUT2D eigenvalue weighted by Crippen LogP contribution is -2.60. The van der Waals surface area contributed by atoms with E-state index >= 15 is 0 Å². The average Bonchev–Trinajstić information content (AvgIpc) is 3.28. The van der Waals surface area contributed by atoms with E-state index in [1.54, 1.807) is 0 Å². The molecule has 5 atom stereocenters. The Labute approximate surface area is 212 Å². The highest BCUT2D eigenvalue weighted by Gasteiger charge is 2.48. The zero-order chi connectivity index (χ0) is 27.7. The summed E-state index contributed by atoms with van der Waals surface area (Å²) in [6.45, 7) is 4.21. The first-order valence-corrected chi connectivity index (χ1v) is 11.1. The summed E-state index contributed by atoms with van der Waals surface area (Å²) in [6.07, 6.45) is -1.31. The molecule has 0 radical (unpaired) electrons. The van der Waals surface area contributed by atoms with E-state index in [0.29, 0.717) is 5.69 Å². The smallest absolute Gasteiger partial charge is 0.373 e. The van der Waals surface area contributed by atoms with Gasteiger partial charge in [-0.15, -0.1) is 5.10 Å². The van der Waals surface area contributed by atoms with Crippen molar-refractivity contribution in [2.45, 2.75) is 64.7 Å². The van der Waals surface area contributed by atoms with Crippen LogP contribution < -0.4 is 5.32 Å². The fourth-order valence-corrected chi connectivity index (χ4v) is 3.67. The third kappa shape index (κ3) is 8.27. The van der Waals surface area contributed by atoms with Crippen LogP contribution in [0.25, 0.3) is 0 Å². The third-order valence-electron chi connectivity index (χ3n) is 4.98. The Kier molecular flexibility index (Phi) is 10.5. The molecule has 204 valence electrons. The number of carbonyl (C=O) groups is 5. The number of ether oxygens (including phenoxy) is 6. The number of carbonyl (C=O) groups excluding carboxylic acids is 5. The van der Waals surface area contributed by atoms with Gasteiger partial charge in [-0.25, -0.2) is 9.48 Å². The van der Waals surface area contributed by atoms with Gasteiger partial charge in [0.1, 0.15) is 12.3 Å². The maximum Gasteiger partial charge on any atom is 0.373 e. The van der Waals surface area contributed by atoms with Crippen molar-refractivity contribution in [2.75, 3.05) is 20.8 Å². The molecule has 0 aliphatic carbocycles. The van der Waals surface area contributed by atoms with E-state index in [2.05, 4.69) is 15.6 Å². The van der Waals surface area contributed by atoms with Crippen molar-refractivity contribution in [1.82, 2.24) is 20.3 Å². The highest BCUT2D eigenvalue weighted by molar-refractivity contribution is 5.86. The molecule has 2 heterocycles. The number of nitrogens with one attached hydrogen (secondary N) is 1. The summed E-state index contributed by atoms with van der Waals surface area (Å²) in [5.41, 5.74) is 0.448. The molecule has 15 nitrogen and oxygen atoms in total. The Morgan fingerprint density at radius 1 is 1.05 bits per heavy atom. The van der Waals surface area contributed by atoms with Crippen molar-refractivity contribution in [1.29, 1.82) is 0 Å². The summed E-state index contributed by atoms with van der Waals surface area (Å²) < 4.78 is 32.9. The van der Waals surface area contributed by atoms with Gasteiger partial charge in [-0.1, -0.05) is 5.21 Å². The number of esters is 4. The molecule has 1 N–H and O–H groups in total. The molecule has 2 unspecified atom stereocenters. The first-order valence-electron chi connectivity index (χ1n) is 11.1. The summed E-state index contributed by atoms with van der Waals surface area (Å²) in [7, 11) is 2.61. The summed E-state index contributed by atoms with van der Waals surface area (Å²) >= 11 is 0. The quantitative estimate of drug-likeness (QED) is 0.284. The normalized spacial score (nSPS) is 20.4. The fraction of sp³-hybridized carbons (Fsp3) is 0.591. The molecule has 0 bridgehead atoms. The van der Waals surface area contributed by atoms with Crippen LogP contribution in [0.15, 0.2) is 18.0 Å². The van der Waals surface area contributed by atoms with E-state index in [4.69, 9.17) is 28.4 Å². The molecule has 1 aliphatic heterocycles. The van der Waals surface area contributed by atoms with Gasteiger partial charge in [0, 0.05) is 34.8 Å². The molecule has 0 saturated carbocycles. The molecule has 1 amide bonds. The van der Waals surface area contributed by atoms with Gasteiger partial charge in [-0.05, 0) is 6.08 Å². The maximum atomic E-state index is 12.5. The number of hydrogen-bond acceptors (Lipinski definition) is 13. The zero-order valence-electron chi connectivity index (χ0n) is 21.3. The predicted molar refractivity (Wildman–Crippen MR) is 120 cm³/mol. The molecule has 0 aromatic carbocycles. The molecule has 37 heavy (non-hydrogen) atoms. The van der Waals surface area contributed by atoms with Gasteiger partial charge >= 0.3 is 23.9 Å². The van der Waals surface area contributed by atoms with Crippen molar-refractivity contribution >= 4 is 29.8 Å². The molecule has 1 aliphatic rings. The van der Waals surface area contributed by atoms with Crippen molar-refractivity contribution in [3.8, 4) is 0 Å². The zero-order valence-corrected chi connectivity index (χ0v) is 21.3. The van der Waals surface area contributed by atoms with Crippen LogP contribution in [-0.2, 0) is 59.0 Å². The minimum absolute atomic E-state index is 0.137. The Morgan fingerprint density at radius 2 is 1.73 bits per heavy atom. The molecule has 1 aromatic rings. The van der Waals surface area contributed by atoms with Crippen LogP contribution in [0.1, 0.15) is 39.4 Å². The Morgan fingerprint density at radius 3 is 2.27 bits per heavy atom. The number of methoxy groups -OCH3 is 2. The lowest BCUT2D eigenvalue weighted by atomic mass is 9.91. The number of nitrogens with zero attached hydrogens (tertiary/aromatic N) is 3. The van der Waals surface area contributed by atoms with Crippen molar-refractivity contribution in [3.05, 3.63) is 23.7 Å². The van der Waals surface area contributed by atoms with Crippen LogP contribution in [0.5, 0.6) is 0 Å². The lowest BCUT2D eigenvalue weighted by Gasteiger charge is -2.41. The second kappa shape index (κ2) is 13.3. The van der Waals surface area contributed by atoms with Crippen LogP contribution in [0.4, 0.5) is 0 Å². The second-order valence-corrected chi connectivity index (χ2v) is 7.97. The highest BCUT2D eigenvalue weighted by Crippen LogP contribution is 2.32. The van der Waals surface area contributed by atoms with Crippen LogP contribution in [0, 0.1) is 0 Å². The van der Waals surface area contributed by atoms with E-state index in [9.17, 15) is 24.0 Å². The fourth-order valence-electron chi connectivity index (χ4n) is 3.67. The number of aromatic nitrogens is 3. The van der Waals surface area contributed by atoms with E-state index in [0.717, 1.165) is 27.9 Å². The van der Waals surface area contributed by atoms with Gasteiger partial charge in [-0.3, -0.25) is 19.2 Å². The van der Waals surface area contributed by atoms with Crippen molar-refractivity contribution < 1.29 is 52.4 Å². The molecule has 0 saturated heterocycles. The SMILES string of the molecule is COCc1cn([C@H]2C=C(C(=O)OC)O[C@@H]([C@H](OC(C)=O)C(COC(C)=O)OC(C)=O)C2NC(C)=O)nn1. The van der Waals surface area contributed by atoms with Crippen molar-refractivity contribution in [2.24, 2.45) is 0 Å². The van der Waals surface area contributed by atoms with Gasteiger partial charge in [0.2, 0.25) is 11.7 Å². The number of rotatable bonds is 11. The molecule has 2 rings (SSSR count). The number of hydrogen-bond donors (Lipinski definition) is 1. The van der Waals surface area contributed by atoms with Crippen LogP contribution in [-0.4, -0.2) is 90.0 Å². The van der Waals surface area contributed by atoms with Gasteiger partial charge in [0.05, 0.1) is 32.0 Å². The minimum Gasteiger partial charge on any atom is -0.477 e. The summed E-state index contributed by atoms with van der Waals surface area (Å²) in [4.78, 5) is 60.2. The van der Waals surface area contributed by atoms with E-state index in [1.807, 2.05) is 0 Å². The monoisotopic (exact) mass is 526 g/mol. The lowest BCUT2D eigenvalue weighted by molar-refractivity contribution is -0.188. The van der Waals surface area contributed by atoms with E-state index in [1.165, 1.54) is 31.0 Å². The molecule has 0 spiro atoms.